The second-order valence-corrected chi connectivity index (χ2v) is 8.30. The molecule has 3 aliphatic heterocycles. The van der Waals surface area contributed by atoms with Gasteiger partial charge in [0.25, 0.3) is 0 Å². The number of aliphatic hydroxyl groups is 1. The SMILES string of the molecule is CCCCCNC(=O)C1N([C@@H](CC)CO)C(=O)[C@@H]2[C@@H](C(=O)OCC)[C@H]3CCC12O3. The average Bonchev–Trinajstić information content (AvgIpc) is 3.34. The summed E-state index contributed by atoms with van der Waals surface area (Å²) in [6.07, 6.45) is 4.22. The number of likely N-dealkylation sites (tertiary alicyclic amines) is 1. The first-order valence-electron chi connectivity index (χ1n) is 11.0. The molecule has 0 saturated carbocycles. The second kappa shape index (κ2) is 9.00. The fourth-order valence-corrected chi connectivity index (χ4v) is 5.39. The molecule has 1 spiro atoms. The second-order valence-electron chi connectivity index (χ2n) is 8.30. The fraction of sp³-hybridized carbons (Fsp3) is 0.857. The molecule has 8 nitrogen and oxygen atoms in total. The van der Waals surface area contributed by atoms with Gasteiger partial charge in [0.1, 0.15) is 11.6 Å². The molecule has 8 heteroatoms. The Bertz CT molecular complexity index is 637. The van der Waals surface area contributed by atoms with E-state index in [1.807, 2.05) is 6.92 Å². The Kier molecular flexibility index (Phi) is 6.83. The van der Waals surface area contributed by atoms with Crippen LogP contribution in [0.2, 0.25) is 0 Å². The van der Waals surface area contributed by atoms with E-state index in [9.17, 15) is 19.5 Å². The van der Waals surface area contributed by atoms with E-state index in [0.29, 0.717) is 25.8 Å². The highest BCUT2D eigenvalue weighted by molar-refractivity contribution is 5.98. The topological polar surface area (TPSA) is 105 Å². The van der Waals surface area contributed by atoms with Gasteiger partial charge in [0.2, 0.25) is 11.8 Å². The van der Waals surface area contributed by atoms with Crippen molar-refractivity contribution in [1.29, 1.82) is 0 Å². The van der Waals surface area contributed by atoms with Crippen LogP contribution in [0.1, 0.15) is 59.3 Å². The lowest BCUT2D eigenvalue weighted by Gasteiger charge is -2.36. The van der Waals surface area contributed by atoms with Crippen molar-refractivity contribution < 1.29 is 29.0 Å². The molecule has 2 unspecified atom stereocenters. The third-order valence-corrected chi connectivity index (χ3v) is 6.70. The minimum absolute atomic E-state index is 0.231. The van der Waals surface area contributed by atoms with Gasteiger partial charge in [0.05, 0.1) is 37.2 Å². The predicted octanol–water partition coefficient (Wildman–Crippen LogP) is 1.00. The van der Waals surface area contributed by atoms with Gasteiger partial charge in [-0.3, -0.25) is 14.4 Å². The summed E-state index contributed by atoms with van der Waals surface area (Å²) in [7, 11) is 0. The van der Waals surface area contributed by atoms with Gasteiger partial charge in [-0.2, -0.15) is 0 Å². The molecule has 0 radical (unpaired) electrons. The molecular weight excluding hydrogens is 376 g/mol. The Morgan fingerprint density at radius 3 is 2.72 bits per heavy atom. The molecular formula is C21H34N2O6. The number of carbonyl (C=O) groups is 3. The molecule has 3 saturated heterocycles. The van der Waals surface area contributed by atoms with Crippen LogP contribution in [0.5, 0.6) is 0 Å². The summed E-state index contributed by atoms with van der Waals surface area (Å²) in [5.41, 5.74) is -1.02. The molecule has 6 atom stereocenters. The molecule has 3 heterocycles. The number of hydrogen-bond donors (Lipinski definition) is 2. The third kappa shape index (κ3) is 3.54. The summed E-state index contributed by atoms with van der Waals surface area (Å²) in [6.45, 7) is 6.23. The highest BCUT2D eigenvalue weighted by Crippen LogP contribution is 2.59. The van der Waals surface area contributed by atoms with Gasteiger partial charge in [0, 0.05) is 6.54 Å². The Labute approximate surface area is 172 Å². The number of rotatable bonds is 10. The predicted molar refractivity (Wildman–Crippen MR) is 105 cm³/mol. The summed E-state index contributed by atoms with van der Waals surface area (Å²) in [5.74, 6) is -2.38. The van der Waals surface area contributed by atoms with Crippen LogP contribution in [0, 0.1) is 11.8 Å². The first-order chi connectivity index (χ1) is 14.0. The Morgan fingerprint density at radius 2 is 2.10 bits per heavy atom. The number of fused-ring (bicyclic) bond motifs is 1. The van der Waals surface area contributed by atoms with E-state index in [1.165, 1.54) is 4.90 Å². The van der Waals surface area contributed by atoms with Gasteiger partial charge in [-0.05, 0) is 32.6 Å². The molecule has 0 aromatic rings. The molecule has 3 rings (SSSR count). The molecule has 0 aromatic heterocycles. The summed E-state index contributed by atoms with van der Waals surface area (Å²) in [6, 6.07) is -1.32. The van der Waals surface area contributed by atoms with Crippen LogP contribution in [0.15, 0.2) is 0 Å². The standard InChI is InChI=1S/C21H34N2O6/c1-4-7-8-11-22-18(25)17-21-10-9-14(29-21)15(20(27)28-6-3)16(21)19(26)23(17)13(5-2)12-24/h13-17,24H,4-12H2,1-3H3,(H,22,25)/t13-,14+,15-,16-,17?,21?/m0/s1. The van der Waals surface area contributed by atoms with E-state index in [1.54, 1.807) is 6.92 Å². The molecule has 2 amide bonds. The maximum absolute atomic E-state index is 13.5. The van der Waals surface area contributed by atoms with Crippen LogP contribution in [-0.4, -0.2) is 71.3 Å². The number of aliphatic hydroxyl groups excluding tert-OH is 1. The van der Waals surface area contributed by atoms with Crippen molar-refractivity contribution in [3.8, 4) is 0 Å². The van der Waals surface area contributed by atoms with E-state index in [2.05, 4.69) is 12.2 Å². The largest absolute Gasteiger partial charge is 0.466 e. The lowest BCUT2D eigenvalue weighted by atomic mass is 9.71. The van der Waals surface area contributed by atoms with Gasteiger partial charge in [0.15, 0.2) is 0 Å². The fourth-order valence-electron chi connectivity index (χ4n) is 5.39. The quantitative estimate of drug-likeness (QED) is 0.411. The van der Waals surface area contributed by atoms with Crippen molar-refractivity contribution in [3.63, 3.8) is 0 Å². The van der Waals surface area contributed by atoms with Gasteiger partial charge in [-0.15, -0.1) is 0 Å². The summed E-state index contributed by atoms with van der Waals surface area (Å²) < 4.78 is 11.5. The van der Waals surface area contributed by atoms with Crippen LogP contribution >= 0.6 is 0 Å². The molecule has 2 N–H and O–H groups in total. The van der Waals surface area contributed by atoms with E-state index < -0.39 is 41.6 Å². The number of esters is 1. The molecule has 0 aromatic carbocycles. The summed E-state index contributed by atoms with van der Waals surface area (Å²) in [4.78, 5) is 40.9. The van der Waals surface area contributed by atoms with Gasteiger partial charge < -0.3 is 24.8 Å². The first-order valence-corrected chi connectivity index (χ1v) is 11.0. The highest BCUT2D eigenvalue weighted by atomic mass is 16.6. The minimum atomic E-state index is -1.02. The van der Waals surface area contributed by atoms with Gasteiger partial charge >= 0.3 is 5.97 Å². The van der Waals surface area contributed by atoms with E-state index in [-0.39, 0.29) is 25.0 Å². The third-order valence-electron chi connectivity index (χ3n) is 6.70. The number of nitrogens with zero attached hydrogens (tertiary/aromatic N) is 1. The van der Waals surface area contributed by atoms with Crippen LogP contribution in [0.3, 0.4) is 0 Å². The highest BCUT2D eigenvalue weighted by Gasteiger charge is 2.75. The number of carbonyl (C=O) groups excluding carboxylic acids is 3. The van der Waals surface area contributed by atoms with E-state index >= 15 is 0 Å². The summed E-state index contributed by atoms with van der Waals surface area (Å²) in [5, 5.41) is 12.8. The van der Waals surface area contributed by atoms with Crippen molar-refractivity contribution in [2.24, 2.45) is 11.8 Å². The summed E-state index contributed by atoms with van der Waals surface area (Å²) >= 11 is 0. The van der Waals surface area contributed by atoms with Crippen LogP contribution in [0.25, 0.3) is 0 Å². The number of hydrogen-bond acceptors (Lipinski definition) is 6. The van der Waals surface area contributed by atoms with Gasteiger partial charge in [-0.25, -0.2) is 0 Å². The lowest BCUT2D eigenvalue weighted by Crippen LogP contribution is -2.58. The van der Waals surface area contributed by atoms with Crippen LogP contribution < -0.4 is 5.32 Å². The van der Waals surface area contributed by atoms with E-state index in [4.69, 9.17) is 9.47 Å². The molecule has 3 aliphatic rings. The maximum Gasteiger partial charge on any atom is 0.312 e. The van der Waals surface area contributed by atoms with Crippen molar-refractivity contribution in [2.75, 3.05) is 19.8 Å². The van der Waals surface area contributed by atoms with Crippen molar-refractivity contribution in [1.82, 2.24) is 10.2 Å². The Hall–Kier alpha value is -1.67. The Balaban J connectivity index is 1.92. The number of nitrogens with one attached hydrogen (secondary N) is 1. The lowest BCUT2D eigenvalue weighted by molar-refractivity contribution is -0.155. The molecule has 164 valence electrons. The van der Waals surface area contributed by atoms with Crippen molar-refractivity contribution in [2.45, 2.75) is 83.1 Å². The van der Waals surface area contributed by atoms with Crippen LogP contribution in [-0.2, 0) is 23.9 Å². The average molecular weight is 411 g/mol. The maximum atomic E-state index is 13.5. The van der Waals surface area contributed by atoms with E-state index in [0.717, 1.165) is 19.3 Å². The smallest absolute Gasteiger partial charge is 0.312 e. The number of ether oxygens (including phenoxy) is 2. The van der Waals surface area contributed by atoms with Crippen LogP contribution in [0.4, 0.5) is 0 Å². The minimum Gasteiger partial charge on any atom is -0.466 e. The molecule has 3 fully saturated rings. The first kappa shape index (κ1) is 22.0. The monoisotopic (exact) mass is 410 g/mol. The normalized spacial score (nSPS) is 33.7. The Morgan fingerprint density at radius 1 is 1.34 bits per heavy atom. The van der Waals surface area contributed by atoms with Gasteiger partial charge in [-0.1, -0.05) is 26.7 Å². The number of unbranched alkanes of at least 4 members (excludes halogenated alkanes) is 2. The molecule has 0 aliphatic carbocycles. The molecule has 2 bridgehead atoms. The zero-order chi connectivity index (χ0) is 21.2. The zero-order valence-electron chi connectivity index (χ0n) is 17.7. The van der Waals surface area contributed by atoms with Crippen molar-refractivity contribution in [3.05, 3.63) is 0 Å². The zero-order valence-corrected chi connectivity index (χ0v) is 17.7. The molecule has 29 heavy (non-hydrogen) atoms. The van der Waals surface area contributed by atoms with Crippen molar-refractivity contribution >= 4 is 17.8 Å². The number of amides is 2.